The van der Waals surface area contributed by atoms with E-state index in [1.807, 2.05) is 6.92 Å². The number of aryl methyl sites for hydroxylation is 1. The first-order valence-corrected chi connectivity index (χ1v) is 7.37. The van der Waals surface area contributed by atoms with Gasteiger partial charge in [-0.15, -0.1) is 0 Å². The molecule has 0 aromatic carbocycles. The van der Waals surface area contributed by atoms with Crippen LogP contribution >= 0.6 is 0 Å². The van der Waals surface area contributed by atoms with Crippen LogP contribution in [0.25, 0.3) is 0 Å². The minimum atomic E-state index is 0.145. The van der Waals surface area contributed by atoms with Crippen molar-refractivity contribution in [3.8, 4) is 0 Å². The average Bonchev–Trinajstić information content (AvgIpc) is 3.05. The maximum atomic E-state index is 12.6. The molecular formula is C15H19N3O. The Hall–Kier alpha value is -1.45. The molecule has 100 valence electrons. The Morgan fingerprint density at radius 3 is 2.74 bits per heavy atom. The molecule has 1 saturated heterocycles. The molecule has 1 amide bonds. The van der Waals surface area contributed by atoms with E-state index in [0.717, 1.165) is 24.0 Å². The first-order valence-electron chi connectivity index (χ1n) is 7.37. The topological polar surface area (TPSA) is 46.1 Å². The predicted molar refractivity (Wildman–Crippen MR) is 70.9 cm³/mol. The zero-order chi connectivity index (χ0) is 13.0. The summed E-state index contributed by atoms with van der Waals surface area (Å²) < 4.78 is 0. The van der Waals surface area contributed by atoms with Gasteiger partial charge < -0.3 is 4.90 Å². The number of fused-ring (bicyclic) bond motifs is 2. The second kappa shape index (κ2) is 4.02. The van der Waals surface area contributed by atoms with Gasteiger partial charge in [0.1, 0.15) is 5.82 Å². The molecule has 0 unspecified atom stereocenters. The number of carbonyl (C=O) groups is 1. The molecule has 4 heteroatoms. The van der Waals surface area contributed by atoms with Crippen LogP contribution in [0.3, 0.4) is 0 Å². The van der Waals surface area contributed by atoms with E-state index in [0.29, 0.717) is 17.5 Å². The van der Waals surface area contributed by atoms with Crippen LogP contribution in [0.4, 0.5) is 0 Å². The molecule has 2 aliphatic carbocycles. The minimum absolute atomic E-state index is 0.145. The van der Waals surface area contributed by atoms with Crippen LogP contribution in [0.1, 0.15) is 59.9 Å². The van der Waals surface area contributed by atoms with Gasteiger partial charge in [-0.05, 0) is 44.9 Å². The lowest BCUT2D eigenvalue weighted by atomic mass is 10.1. The standard InChI is InChI=1S/C15H19N3O/c1-9-13(7-16-14(17-9)11-3-4-11)15(19)18-8-10-2-5-12(18)6-10/h7,10-12H,2-6,8H2,1H3/t10-,12+/m1/s1. The number of aromatic nitrogens is 2. The molecule has 2 bridgehead atoms. The predicted octanol–water partition coefficient (Wildman–Crippen LogP) is 2.29. The van der Waals surface area contributed by atoms with Crippen molar-refractivity contribution in [2.75, 3.05) is 6.54 Å². The Morgan fingerprint density at radius 2 is 2.16 bits per heavy atom. The molecule has 4 rings (SSSR count). The number of rotatable bonds is 2. The second-order valence-corrected chi connectivity index (χ2v) is 6.29. The molecule has 3 fully saturated rings. The van der Waals surface area contributed by atoms with Gasteiger partial charge in [0.05, 0.1) is 11.3 Å². The van der Waals surface area contributed by atoms with Gasteiger partial charge in [-0.1, -0.05) is 0 Å². The van der Waals surface area contributed by atoms with Crippen molar-refractivity contribution in [2.45, 2.75) is 51.0 Å². The largest absolute Gasteiger partial charge is 0.335 e. The fourth-order valence-corrected chi connectivity index (χ4v) is 3.56. The summed E-state index contributed by atoms with van der Waals surface area (Å²) in [6, 6.07) is 0.472. The third-order valence-electron chi connectivity index (χ3n) is 4.84. The zero-order valence-electron chi connectivity index (χ0n) is 11.3. The van der Waals surface area contributed by atoms with Gasteiger partial charge in [0.2, 0.25) is 0 Å². The van der Waals surface area contributed by atoms with Crippen molar-refractivity contribution in [2.24, 2.45) is 5.92 Å². The van der Waals surface area contributed by atoms with Crippen molar-refractivity contribution in [1.29, 1.82) is 0 Å². The third kappa shape index (κ3) is 1.85. The molecule has 0 N–H and O–H groups in total. The van der Waals surface area contributed by atoms with Crippen molar-refractivity contribution in [3.63, 3.8) is 0 Å². The quantitative estimate of drug-likeness (QED) is 0.816. The highest BCUT2D eigenvalue weighted by Gasteiger charge is 2.41. The van der Waals surface area contributed by atoms with E-state index >= 15 is 0 Å². The number of hydrogen-bond acceptors (Lipinski definition) is 3. The third-order valence-corrected chi connectivity index (χ3v) is 4.84. The second-order valence-electron chi connectivity index (χ2n) is 6.29. The lowest BCUT2D eigenvalue weighted by Crippen LogP contribution is -2.38. The SMILES string of the molecule is Cc1nc(C2CC2)ncc1C(=O)N1C[C@@H]2CC[C@H]1C2. The van der Waals surface area contributed by atoms with Gasteiger partial charge in [-0.2, -0.15) is 0 Å². The molecule has 1 aliphatic heterocycles. The number of amides is 1. The summed E-state index contributed by atoms with van der Waals surface area (Å²) in [7, 11) is 0. The van der Waals surface area contributed by atoms with E-state index in [2.05, 4.69) is 14.9 Å². The van der Waals surface area contributed by atoms with Crippen LogP contribution in [0, 0.1) is 12.8 Å². The molecule has 0 spiro atoms. The van der Waals surface area contributed by atoms with E-state index in [1.54, 1.807) is 6.20 Å². The highest BCUT2D eigenvalue weighted by atomic mass is 16.2. The zero-order valence-corrected chi connectivity index (χ0v) is 11.3. The van der Waals surface area contributed by atoms with Crippen LogP contribution in [0.2, 0.25) is 0 Å². The monoisotopic (exact) mass is 257 g/mol. The van der Waals surface area contributed by atoms with E-state index in [-0.39, 0.29) is 5.91 Å². The van der Waals surface area contributed by atoms with Crippen LogP contribution in [0.5, 0.6) is 0 Å². The van der Waals surface area contributed by atoms with Crippen LogP contribution < -0.4 is 0 Å². The molecule has 2 atom stereocenters. The molecule has 4 nitrogen and oxygen atoms in total. The normalized spacial score (nSPS) is 29.0. The Balaban J connectivity index is 1.59. The summed E-state index contributed by atoms with van der Waals surface area (Å²) in [6.07, 6.45) is 7.82. The number of likely N-dealkylation sites (tertiary alicyclic amines) is 1. The number of piperidine rings is 1. The molecule has 2 heterocycles. The van der Waals surface area contributed by atoms with Crippen LogP contribution in [-0.4, -0.2) is 33.4 Å². The maximum absolute atomic E-state index is 12.6. The van der Waals surface area contributed by atoms with Gasteiger partial charge in [-0.3, -0.25) is 4.79 Å². The summed E-state index contributed by atoms with van der Waals surface area (Å²) in [5, 5.41) is 0. The van der Waals surface area contributed by atoms with Crippen molar-refractivity contribution in [1.82, 2.24) is 14.9 Å². The number of nitrogens with zero attached hydrogens (tertiary/aromatic N) is 3. The van der Waals surface area contributed by atoms with E-state index in [9.17, 15) is 4.79 Å². The highest BCUT2D eigenvalue weighted by molar-refractivity contribution is 5.95. The molecule has 2 saturated carbocycles. The first-order chi connectivity index (χ1) is 9.22. The van der Waals surface area contributed by atoms with Crippen molar-refractivity contribution in [3.05, 3.63) is 23.3 Å². The summed E-state index contributed by atoms with van der Waals surface area (Å²) >= 11 is 0. The summed E-state index contributed by atoms with van der Waals surface area (Å²) in [5.74, 6) is 2.36. The van der Waals surface area contributed by atoms with E-state index < -0.39 is 0 Å². The Morgan fingerprint density at radius 1 is 1.32 bits per heavy atom. The summed E-state index contributed by atoms with van der Waals surface area (Å²) in [5.41, 5.74) is 1.56. The van der Waals surface area contributed by atoms with Gasteiger partial charge in [0.15, 0.2) is 0 Å². The highest BCUT2D eigenvalue weighted by Crippen LogP contribution is 2.39. The Labute approximate surface area is 113 Å². The lowest BCUT2D eigenvalue weighted by molar-refractivity contribution is 0.0702. The average molecular weight is 257 g/mol. The van der Waals surface area contributed by atoms with Gasteiger partial charge in [0, 0.05) is 24.7 Å². The smallest absolute Gasteiger partial charge is 0.257 e. The fourth-order valence-electron chi connectivity index (χ4n) is 3.56. The maximum Gasteiger partial charge on any atom is 0.257 e. The van der Waals surface area contributed by atoms with E-state index in [4.69, 9.17) is 0 Å². The Bertz CT molecular complexity index is 538. The fraction of sp³-hybridized carbons (Fsp3) is 0.667. The molecule has 19 heavy (non-hydrogen) atoms. The van der Waals surface area contributed by atoms with Crippen LogP contribution in [0.15, 0.2) is 6.20 Å². The van der Waals surface area contributed by atoms with Gasteiger partial charge >= 0.3 is 0 Å². The lowest BCUT2D eigenvalue weighted by Gasteiger charge is -2.27. The van der Waals surface area contributed by atoms with Gasteiger partial charge in [-0.25, -0.2) is 9.97 Å². The van der Waals surface area contributed by atoms with Crippen molar-refractivity contribution >= 4 is 5.91 Å². The molecule has 0 radical (unpaired) electrons. The van der Waals surface area contributed by atoms with Crippen molar-refractivity contribution < 1.29 is 4.79 Å². The molecule has 1 aromatic rings. The molecular weight excluding hydrogens is 238 g/mol. The minimum Gasteiger partial charge on any atom is -0.335 e. The molecule has 3 aliphatic rings. The molecule has 1 aromatic heterocycles. The first kappa shape index (κ1) is 11.4. The summed E-state index contributed by atoms with van der Waals surface area (Å²) in [6.45, 7) is 2.88. The van der Waals surface area contributed by atoms with E-state index in [1.165, 1.54) is 32.1 Å². The Kier molecular flexibility index (Phi) is 2.41. The van der Waals surface area contributed by atoms with Crippen LogP contribution in [-0.2, 0) is 0 Å². The summed E-state index contributed by atoms with van der Waals surface area (Å²) in [4.78, 5) is 23.6. The number of carbonyl (C=O) groups excluding carboxylic acids is 1. The van der Waals surface area contributed by atoms with Gasteiger partial charge in [0.25, 0.3) is 5.91 Å². The number of hydrogen-bond donors (Lipinski definition) is 0.